The molecule has 2 heterocycles. The highest BCUT2D eigenvalue weighted by Crippen LogP contribution is 2.29. The molecule has 8 heteroatoms. The van der Waals surface area contributed by atoms with Gasteiger partial charge in [0.15, 0.2) is 11.6 Å². The van der Waals surface area contributed by atoms with E-state index in [1.54, 1.807) is 0 Å². The van der Waals surface area contributed by atoms with Gasteiger partial charge in [0.25, 0.3) is 0 Å². The summed E-state index contributed by atoms with van der Waals surface area (Å²) in [5.41, 5.74) is 4.98. The molecule has 0 saturated carbocycles. The van der Waals surface area contributed by atoms with Crippen LogP contribution < -0.4 is 0 Å². The van der Waals surface area contributed by atoms with Gasteiger partial charge in [0, 0.05) is 39.3 Å². The van der Waals surface area contributed by atoms with E-state index in [1.807, 2.05) is 76.2 Å². The molecule has 2 aliphatic rings. The van der Waals surface area contributed by atoms with Crippen molar-refractivity contribution >= 4 is 0 Å². The number of nitrogens with zero attached hydrogens (tertiary/aromatic N) is 2. The van der Waals surface area contributed by atoms with E-state index in [-0.39, 0.29) is 24.9 Å². The van der Waals surface area contributed by atoms with Crippen molar-refractivity contribution in [3.05, 3.63) is 144 Å². The molecule has 2 fully saturated rings. The Hall–Kier alpha value is -3.44. The predicted molar refractivity (Wildman–Crippen MR) is 196 cm³/mol. The normalized spacial score (nSPS) is 21.6. The Kier molecular flexibility index (Phi) is 13.7. The molecule has 2 N–H and O–H groups in total. The first kappa shape index (κ1) is 37.8. The van der Waals surface area contributed by atoms with E-state index < -0.39 is 17.7 Å². The van der Waals surface area contributed by atoms with Crippen LogP contribution in [0.5, 0.6) is 0 Å². The van der Waals surface area contributed by atoms with Crippen molar-refractivity contribution in [1.82, 2.24) is 9.80 Å². The second-order valence-corrected chi connectivity index (χ2v) is 14.1. The van der Waals surface area contributed by atoms with Crippen LogP contribution in [0, 0.1) is 0 Å². The minimum atomic E-state index is -0.650. The fraction of sp³-hybridized carbons (Fsp3) is 0.429. The van der Waals surface area contributed by atoms with Crippen LogP contribution in [0.15, 0.2) is 121 Å². The molecule has 0 radical (unpaired) electrons. The van der Waals surface area contributed by atoms with Gasteiger partial charge in [-0.25, -0.2) is 0 Å². The topological polar surface area (TPSA) is 83.9 Å². The molecule has 8 nitrogen and oxygen atoms in total. The minimum absolute atomic E-state index is 0.0292. The summed E-state index contributed by atoms with van der Waals surface area (Å²) < 4.78 is 23.3. The van der Waals surface area contributed by atoms with Crippen molar-refractivity contribution in [3.63, 3.8) is 0 Å². The molecule has 4 aromatic rings. The highest BCUT2D eigenvalue weighted by Gasteiger charge is 2.41. The van der Waals surface area contributed by atoms with Crippen LogP contribution in [0.1, 0.15) is 49.9 Å². The molecular formula is C42H54N2O6. The van der Waals surface area contributed by atoms with E-state index >= 15 is 0 Å². The summed E-state index contributed by atoms with van der Waals surface area (Å²) in [4.78, 5) is 4.60. The van der Waals surface area contributed by atoms with Crippen molar-refractivity contribution in [2.24, 2.45) is 0 Å². The summed E-state index contributed by atoms with van der Waals surface area (Å²) >= 11 is 0. The van der Waals surface area contributed by atoms with Gasteiger partial charge in [0.2, 0.25) is 0 Å². The second kappa shape index (κ2) is 18.2. The van der Waals surface area contributed by atoms with Crippen LogP contribution in [0.2, 0.25) is 0 Å². The molecule has 4 aromatic carbocycles. The van der Waals surface area contributed by atoms with Gasteiger partial charge < -0.3 is 29.2 Å². The Morgan fingerprint density at radius 3 is 1.36 bits per heavy atom. The summed E-state index contributed by atoms with van der Waals surface area (Å²) in [7, 11) is 0. The number of rotatable bonds is 14. The van der Waals surface area contributed by atoms with Crippen molar-refractivity contribution in [1.29, 1.82) is 0 Å². The van der Waals surface area contributed by atoms with Gasteiger partial charge >= 0.3 is 0 Å². The third-order valence-corrected chi connectivity index (χ3v) is 8.80. The molecule has 0 bridgehead atoms. The zero-order valence-electron chi connectivity index (χ0n) is 29.9. The molecule has 0 spiro atoms. The molecule has 0 amide bonds. The van der Waals surface area contributed by atoms with Crippen molar-refractivity contribution < 1.29 is 29.2 Å². The molecule has 2 saturated heterocycles. The number of ether oxygens (including phenoxy) is 4. The van der Waals surface area contributed by atoms with E-state index in [0.717, 1.165) is 26.2 Å². The van der Waals surface area contributed by atoms with Gasteiger partial charge in [-0.1, -0.05) is 121 Å². The maximum absolute atomic E-state index is 10.7. The first-order valence-electron chi connectivity index (χ1n) is 17.6. The fourth-order valence-electron chi connectivity index (χ4n) is 6.50. The van der Waals surface area contributed by atoms with Crippen LogP contribution in [0.4, 0.5) is 0 Å². The molecular weight excluding hydrogens is 628 g/mol. The fourth-order valence-corrected chi connectivity index (χ4v) is 6.50. The first-order valence-corrected chi connectivity index (χ1v) is 17.6. The van der Waals surface area contributed by atoms with E-state index in [9.17, 15) is 10.2 Å². The molecule has 50 heavy (non-hydrogen) atoms. The number of benzene rings is 4. The van der Waals surface area contributed by atoms with Crippen LogP contribution in [-0.4, -0.2) is 82.3 Å². The highest BCUT2D eigenvalue weighted by atomic mass is 16.8. The quantitative estimate of drug-likeness (QED) is 0.158. The van der Waals surface area contributed by atoms with E-state index in [1.165, 1.54) is 22.3 Å². The average molecular weight is 683 g/mol. The van der Waals surface area contributed by atoms with E-state index in [0.29, 0.717) is 19.7 Å². The Bertz CT molecular complexity index is 1440. The van der Waals surface area contributed by atoms with Crippen LogP contribution >= 0.6 is 0 Å². The Balaban J connectivity index is 0.000000194. The lowest BCUT2D eigenvalue weighted by molar-refractivity contribution is -0.152. The third kappa shape index (κ3) is 12.1. The van der Waals surface area contributed by atoms with Gasteiger partial charge in [0.05, 0.1) is 19.3 Å². The highest BCUT2D eigenvalue weighted by molar-refractivity contribution is 5.18. The Morgan fingerprint density at radius 1 is 0.580 bits per heavy atom. The zero-order valence-corrected chi connectivity index (χ0v) is 29.9. The monoisotopic (exact) mass is 682 g/mol. The van der Waals surface area contributed by atoms with Crippen molar-refractivity contribution in [2.75, 3.05) is 26.3 Å². The lowest BCUT2D eigenvalue weighted by Crippen LogP contribution is -2.40. The Morgan fingerprint density at radius 2 is 0.980 bits per heavy atom. The smallest absolute Gasteiger partial charge is 0.163 e. The summed E-state index contributed by atoms with van der Waals surface area (Å²) in [6.07, 6.45) is -1.31. The molecule has 2 aliphatic heterocycles. The maximum atomic E-state index is 10.7. The standard InChI is InChI=1S/2C21H27NO3/c1-21(2)24-16-20(25-21)19(23)15-22(13-17-9-5-3-6-10-17)14-18-11-7-4-8-12-18;1-21(2)24-19(20(16-23)25-21)15-22(13-17-9-5-3-6-10-17)14-18-11-7-4-8-12-18/h2*3-12,19-20,23H,13-16H2,1-2H3. The Labute approximate surface area is 298 Å². The van der Waals surface area contributed by atoms with Crippen molar-refractivity contribution in [3.8, 4) is 0 Å². The van der Waals surface area contributed by atoms with Gasteiger partial charge in [-0.3, -0.25) is 9.80 Å². The van der Waals surface area contributed by atoms with Crippen LogP contribution in [0.3, 0.4) is 0 Å². The number of hydrogen-bond donors (Lipinski definition) is 2. The first-order chi connectivity index (χ1) is 24.1. The molecule has 0 aromatic heterocycles. The number of hydrogen-bond acceptors (Lipinski definition) is 8. The number of aliphatic hydroxyl groups excluding tert-OH is 2. The summed E-state index contributed by atoms with van der Waals surface area (Å²) in [5, 5.41) is 20.3. The van der Waals surface area contributed by atoms with Gasteiger partial charge in [-0.2, -0.15) is 0 Å². The summed E-state index contributed by atoms with van der Waals surface area (Å²) in [6, 6.07) is 41.5. The lowest BCUT2D eigenvalue weighted by Gasteiger charge is -2.28. The molecule has 4 atom stereocenters. The average Bonchev–Trinajstić information content (AvgIpc) is 3.63. The van der Waals surface area contributed by atoms with Crippen molar-refractivity contribution in [2.45, 2.75) is 89.9 Å². The zero-order chi connectivity index (χ0) is 35.4. The van der Waals surface area contributed by atoms with Crippen LogP contribution in [0.25, 0.3) is 0 Å². The van der Waals surface area contributed by atoms with Gasteiger partial charge in [-0.05, 0) is 49.9 Å². The number of aliphatic hydroxyl groups is 2. The molecule has 4 unspecified atom stereocenters. The second-order valence-electron chi connectivity index (χ2n) is 14.1. The van der Waals surface area contributed by atoms with Crippen LogP contribution in [-0.2, 0) is 45.1 Å². The summed E-state index contributed by atoms with van der Waals surface area (Å²) in [5.74, 6) is -1.27. The molecule has 268 valence electrons. The maximum Gasteiger partial charge on any atom is 0.163 e. The lowest BCUT2D eigenvalue weighted by atomic mass is 10.1. The third-order valence-electron chi connectivity index (χ3n) is 8.80. The molecule has 6 rings (SSSR count). The van der Waals surface area contributed by atoms with E-state index in [2.05, 4.69) is 82.6 Å². The van der Waals surface area contributed by atoms with E-state index in [4.69, 9.17) is 18.9 Å². The SMILES string of the molecule is CC1(C)OC(CO)C(CN(Cc2ccccc2)Cc2ccccc2)O1.CC1(C)OCC(C(O)CN(Cc2ccccc2)Cc2ccccc2)O1. The summed E-state index contributed by atoms with van der Waals surface area (Å²) in [6.45, 7) is 12.4. The molecule has 0 aliphatic carbocycles. The predicted octanol–water partition coefficient (Wildman–Crippen LogP) is 6.40. The van der Waals surface area contributed by atoms with Gasteiger partial charge in [0.1, 0.15) is 18.3 Å². The largest absolute Gasteiger partial charge is 0.394 e. The minimum Gasteiger partial charge on any atom is -0.394 e. The van der Waals surface area contributed by atoms with Gasteiger partial charge in [-0.15, -0.1) is 0 Å².